The molecule has 1 aromatic rings. The molecule has 0 bridgehead atoms. The summed E-state index contributed by atoms with van der Waals surface area (Å²) in [5.41, 5.74) is -0.0340. The number of Topliss-reactive ketones (excluding diaryl/α,β-unsaturated/α-hetero) is 1. The molecule has 3 heteroatoms. The van der Waals surface area contributed by atoms with Crippen molar-refractivity contribution in [3.05, 3.63) is 34.7 Å². The number of hydrogen-bond acceptors (Lipinski definition) is 2. The van der Waals surface area contributed by atoms with E-state index >= 15 is 0 Å². The maximum absolute atomic E-state index is 11.3. The van der Waals surface area contributed by atoms with Crippen molar-refractivity contribution < 1.29 is 4.79 Å². The Morgan fingerprint density at radius 1 is 1.38 bits per heavy atom. The molecule has 0 saturated heterocycles. The van der Waals surface area contributed by atoms with Gasteiger partial charge in [-0.1, -0.05) is 13.8 Å². The fraction of sp³-hybridized carbons (Fsp3) is 0.400. The zero-order valence-electron chi connectivity index (χ0n) is 7.86. The summed E-state index contributed by atoms with van der Waals surface area (Å²) in [5.74, 6) is 0.211. The maximum atomic E-state index is 11.3. The Bertz CT molecular complexity index is 332. The monoisotopic (exact) mass is 179 g/mol. The first kappa shape index (κ1) is 9.71. The predicted octanol–water partition coefficient (Wildman–Crippen LogP) is 1.07. The normalized spacial score (nSPS) is 10.4. The van der Waals surface area contributed by atoms with Crippen molar-refractivity contribution in [2.24, 2.45) is 5.92 Å². The molecule has 0 fully saturated rings. The van der Waals surface area contributed by atoms with E-state index in [2.05, 4.69) is 0 Å². The summed E-state index contributed by atoms with van der Waals surface area (Å²) in [4.78, 5) is 22.0. The second-order valence-electron chi connectivity index (χ2n) is 3.33. The zero-order valence-corrected chi connectivity index (χ0v) is 7.86. The molecule has 3 nitrogen and oxygen atoms in total. The van der Waals surface area contributed by atoms with Gasteiger partial charge in [0.2, 0.25) is 0 Å². The quantitative estimate of drug-likeness (QED) is 0.696. The minimum absolute atomic E-state index is 0.0340. The molecule has 1 rings (SSSR count). The second-order valence-corrected chi connectivity index (χ2v) is 3.33. The molecule has 0 amide bonds. The number of pyridine rings is 1. The van der Waals surface area contributed by atoms with Crippen LogP contribution in [0.25, 0.3) is 0 Å². The average Bonchev–Trinajstić information content (AvgIpc) is 2.08. The van der Waals surface area contributed by atoms with Gasteiger partial charge in [-0.15, -0.1) is 0 Å². The van der Waals surface area contributed by atoms with Crippen LogP contribution in [0.3, 0.4) is 0 Å². The third kappa shape index (κ3) is 2.86. The minimum Gasteiger partial charge on any atom is -0.347 e. The zero-order chi connectivity index (χ0) is 9.84. The number of carbonyl (C=O) groups is 1. The van der Waals surface area contributed by atoms with E-state index in [-0.39, 0.29) is 17.1 Å². The van der Waals surface area contributed by atoms with Crippen molar-refractivity contribution in [3.8, 4) is 0 Å². The van der Waals surface area contributed by atoms with E-state index in [0.717, 1.165) is 0 Å². The van der Waals surface area contributed by atoms with E-state index in [4.69, 9.17) is 0 Å². The molecule has 1 heterocycles. The van der Waals surface area contributed by atoms with Crippen LogP contribution in [0, 0.1) is 5.92 Å². The van der Waals surface area contributed by atoms with Crippen molar-refractivity contribution in [2.45, 2.75) is 20.4 Å². The summed E-state index contributed by atoms with van der Waals surface area (Å²) >= 11 is 0. The molecule has 70 valence electrons. The van der Waals surface area contributed by atoms with E-state index < -0.39 is 0 Å². The van der Waals surface area contributed by atoms with Gasteiger partial charge < -0.3 is 4.57 Å². The highest BCUT2D eigenvalue weighted by molar-refractivity contribution is 5.80. The summed E-state index contributed by atoms with van der Waals surface area (Å²) in [6.45, 7) is 4.08. The Kier molecular flexibility index (Phi) is 3.01. The van der Waals surface area contributed by atoms with Gasteiger partial charge in [-0.3, -0.25) is 9.59 Å². The molecular weight excluding hydrogens is 166 g/mol. The van der Waals surface area contributed by atoms with Crippen LogP contribution in [-0.4, -0.2) is 10.4 Å². The first-order valence-corrected chi connectivity index (χ1v) is 4.28. The summed E-state index contributed by atoms with van der Waals surface area (Å²) in [6, 6.07) is 2.90. The molecule has 0 atom stereocenters. The number of aromatic nitrogens is 1. The Hall–Kier alpha value is -1.38. The van der Waals surface area contributed by atoms with E-state index in [0.29, 0.717) is 6.54 Å². The van der Waals surface area contributed by atoms with E-state index in [1.807, 2.05) is 13.8 Å². The molecule has 0 saturated carbocycles. The highest BCUT2D eigenvalue weighted by Gasteiger charge is 2.06. The van der Waals surface area contributed by atoms with Crippen LogP contribution in [-0.2, 0) is 11.3 Å². The fourth-order valence-electron chi connectivity index (χ4n) is 0.912. The number of ketones is 1. The third-order valence-corrected chi connectivity index (χ3v) is 1.84. The number of nitrogens with zero attached hydrogens (tertiary/aromatic N) is 1. The molecule has 0 unspecified atom stereocenters. The Labute approximate surface area is 77.0 Å². The lowest BCUT2D eigenvalue weighted by Crippen LogP contribution is -2.16. The molecule has 0 N–H and O–H groups in total. The molecule has 13 heavy (non-hydrogen) atoms. The molecular formula is C10H13NO2. The Morgan fingerprint density at radius 2 is 1.92 bits per heavy atom. The topological polar surface area (TPSA) is 39.1 Å². The summed E-state index contributed by atoms with van der Waals surface area (Å²) < 4.78 is 1.71. The van der Waals surface area contributed by atoms with E-state index in [1.165, 1.54) is 12.1 Å². The minimum atomic E-state index is -0.0340. The van der Waals surface area contributed by atoms with Crippen LogP contribution in [0.2, 0.25) is 0 Å². The van der Waals surface area contributed by atoms with Gasteiger partial charge >= 0.3 is 0 Å². The van der Waals surface area contributed by atoms with Gasteiger partial charge in [0.1, 0.15) is 0 Å². The van der Waals surface area contributed by atoms with Crippen molar-refractivity contribution >= 4 is 5.78 Å². The smallest absolute Gasteiger partial charge is 0.181 e. The van der Waals surface area contributed by atoms with Crippen LogP contribution in [0.5, 0.6) is 0 Å². The molecule has 0 aliphatic heterocycles. The summed E-state index contributed by atoms with van der Waals surface area (Å²) in [7, 11) is 0. The largest absolute Gasteiger partial charge is 0.347 e. The van der Waals surface area contributed by atoms with Gasteiger partial charge in [-0.05, 0) is 0 Å². The summed E-state index contributed by atoms with van der Waals surface area (Å²) in [6.07, 6.45) is 3.26. The molecule has 0 spiro atoms. The highest BCUT2D eigenvalue weighted by Crippen LogP contribution is 1.97. The standard InChI is InChI=1S/C10H13NO2/c1-8(2)10(13)7-11-5-3-9(12)4-6-11/h3-6,8H,7H2,1-2H3. The number of carbonyl (C=O) groups excluding carboxylic acids is 1. The number of rotatable bonds is 3. The lowest BCUT2D eigenvalue weighted by molar-refractivity contribution is -0.122. The van der Waals surface area contributed by atoms with Crippen LogP contribution >= 0.6 is 0 Å². The maximum Gasteiger partial charge on any atom is 0.181 e. The molecule has 0 radical (unpaired) electrons. The Balaban J connectivity index is 2.70. The highest BCUT2D eigenvalue weighted by atomic mass is 16.1. The molecule has 0 aliphatic rings. The van der Waals surface area contributed by atoms with E-state index in [1.54, 1.807) is 17.0 Å². The van der Waals surface area contributed by atoms with Crippen LogP contribution in [0.15, 0.2) is 29.3 Å². The van der Waals surface area contributed by atoms with Crippen LogP contribution < -0.4 is 5.43 Å². The van der Waals surface area contributed by atoms with Crippen molar-refractivity contribution in [2.75, 3.05) is 0 Å². The van der Waals surface area contributed by atoms with Crippen molar-refractivity contribution in [1.82, 2.24) is 4.57 Å². The molecule has 0 aromatic carbocycles. The van der Waals surface area contributed by atoms with Crippen LogP contribution in [0.4, 0.5) is 0 Å². The van der Waals surface area contributed by atoms with Crippen molar-refractivity contribution in [1.29, 1.82) is 0 Å². The average molecular weight is 179 g/mol. The predicted molar refractivity (Wildman–Crippen MR) is 50.5 cm³/mol. The van der Waals surface area contributed by atoms with Gasteiger partial charge in [0.25, 0.3) is 0 Å². The third-order valence-electron chi connectivity index (χ3n) is 1.84. The Morgan fingerprint density at radius 3 is 2.38 bits per heavy atom. The van der Waals surface area contributed by atoms with Gasteiger partial charge in [0.05, 0.1) is 6.54 Å². The number of hydrogen-bond donors (Lipinski definition) is 0. The lowest BCUT2D eigenvalue weighted by atomic mass is 10.1. The van der Waals surface area contributed by atoms with Gasteiger partial charge in [0.15, 0.2) is 11.2 Å². The first-order chi connectivity index (χ1) is 6.09. The van der Waals surface area contributed by atoms with Crippen LogP contribution in [0.1, 0.15) is 13.8 Å². The SMILES string of the molecule is CC(C)C(=O)Cn1ccc(=O)cc1. The van der Waals surface area contributed by atoms with Crippen molar-refractivity contribution in [3.63, 3.8) is 0 Å². The van der Waals surface area contributed by atoms with E-state index in [9.17, 15) is 9.59 Å². The molecule has 1 aromatic heterocycles. The second kappa shape index (κ2) is 4.03. The summed E-state index contributed by atoms with van der Waals surface area (Å²) in [5, 5.41) is 0. The fourth-order valence-corrected chi connectivity index (χ4v) is 0.912. The van der Waals surface area contributed by atoms with Gasteiger partial charge in [0, 0.05) is 30.4 Å². The lowest BCUT2D eigenvalue weighted by Gasteiger charge is -2.06. The first-order valence-electron chi connectivity index (χ1n) is 4.28. The van der Waals surface area contributed by atoms with Gasteiger partial charge in [-0.2, -0.15) is 0 Å². The van der Waals surface area contributed by atoms with Gasteiger partial charge in [-0.25, -0.2) is 0 Å². The molecule has 0 aliphatic carbocycles.